The molecule has 7 nitrogen and oxygen atoms in total. The number of fused-ring (bicyclic) bond motifs is 1. The topological polar surface area (TPSA) is 113 Å². The predicted octanol–water partition coefficient (Wildman–Crippen LogP) is 1.36. The van der Waals surface area contributed by atoms with Gasteiger partial charge in [0.25, 0.3) is 0 Å². The molecule has 2 aromatic heterocycles. The Morgan fingerprint density at radius 1 is 1.47 bits per heavy atom. The fraction of sp³-hybridized carbons (Fsp3) is 0.455. The number of oxime groups is 1. The molecule has 19 heavy (non-hydrogen) atoms. The highest BCUT2D eigenvalue weighted by Gasteiger charge is 2.43. The molecule has 2 aromatic rings. The standard InChI is InChI=1S/C11H14N6OS/c12-7(17-18)3-11(1-2-11)4-19-10-8-9(14-5-13-8)15-6-16-10/h5-6,18H,1-4H2,(H2,12,17)(H,13,14,15,16). The maximum Gasteiger partial charge on any atom is 0.181 e. The fourth-order valence-corrected chi connectivity index (χ4v) is 3.29. The van der Waals surface area contributed by atoms with Crippen molar-refractivity contribution < 1.29 is 5.21 Å². The van der Waals surface area contributed by atoms with Crippen molar-refractivity contribution in [1.29, 1.82) is 0 Å². The summed E-state index contributed by atoms with van der Waals surface area (Å²) < 4.78 is 0. The van der Waals surface area contributed by atoms with Crippen molar-refractivity contribution in [3.63, 3.8) is 0 Å². The van der Waals surface area contributed by atoms with E-state index in [4.69, 9.17) is 10.9 Å². The highest BCUT2D eigenvalue weighted by atomic mass is 32.2. The maximum atomic E-state index is 8.65. The van der Waals surface area contributed by atoms with Crippen molar-refractivity contribution in [3.05, 3.63) is 12.7 Å². The lowest BCUT2D eigenvalue weighted by Crippen LogP contribution is -2.19. The van der Waals surface area contributed by atoms with Gasteiger partial charge in [0.05, 0.1) is 6.33 Å². The third-order valence-corrected chi connectivity index (χ3v) is 4.68. The summed E-state index contributed by atoms with van der Waals surface area (Å²) in [5, 5.41) is 12.6. The molecule has 2 heterocycles. The summed E-state index contributed by atoms with van der Waals surface area (Å²) in [6.07, 6.45) is 5.98. The Kier molecular flexibility index (Phi) is 3.02. The molecule has 0 unspecified atom stereocenters. The normalized spacial score (nSPS) is 17.8. The van der Waals surface area contributed by atoms with E-state index in [2.05, 4.69) is 25.1 Å². The maximum absolute atomic E-state index is 8.65. The molecule has 8 heteroatoms. The highest BCUT2D eigenvalue weighted by Crippen LogP contribution is 2.52. The number of hydrogen-bond acceptors (Lipinski definition) is 6. The average Bonchev–Trinajstić information content (AvgIpc) is 3.01. The van der Waals surface area contributed by atoms with Crippen LogP contribution in [0.5, 0.6) is 0 Å². The molecule has 1 aliphatic carbocycles. The SMILES string of the molecule is NC(CC1(CSc2ncnc3nc[nH]c23)CC1)=NO. The second-order valence-corrected chi connectivity index (χ2v) is 5.80. The summed E-state index contributed by atoms with van der Waals surface area (Å²) >= 11 is 1.66. The van der Waals surface area contributed by atoms with Crippen LogP contribution in [0.25, 0.3) is 11.2 Å². The van der Waals surface area contributed by atoms with E-state index >= 15 is 0 Å². The fourth-order valence-electron chi connectivity index (χ4n) is 2.04. The molecule has 1 fully saturated rings. The van der Waals surface area contributed by atoms with Crippen LogP contribution in [0.3, 0.4) is 0 Å². The smallest absolute Gasteiger partial charge is 0.181 e. The monoisotopic (exact) mass is 278 g/mol. The minimum absolute atomic E-state index is 0.151. The van der Waals surface area contributed by atoms with E-state index in [9.17, 15) is 0 Å². The molecule has 0 amide bonds. The van der Waals surface area contributed by atoms with Gasteiger partial charge in [0.1, 0.15) is 22.7 Å². The number of nitrogens with one attached hydrogen (secondary N) is 1. The number of thioether (sulfide) groups is 1. The molecule has 3 rings (SSSR count). The molecule has 0 spiro atoms. The van der Waals surface area contributed by atoms with E-state index in [1.54, 1.807) is 18.1 Å². The Labute approximate surface area is 113 Å². The predicted molar refractivity (Wildman–Crippen MR) is 72.1 cm³/mol. The Bertz CT molecular complexity index is 620. The molecule has 1 saturated carbocycles. The van der Waals surface area contributed by atoms with Crippen LogP contribution in [0.15, 0.2) is 22.8 Å². The minimum Gasteiger partial charge on any atom is -0.409 e. The summed E-state index contributed by atoms with van der Waals surface area (Å²) in [7, 11) is 0. The molecule has 100 valence electrons. The summed E-state index contributed by atoms with van der Waals surface area (Å²) in [4.78, 5) is 15.5. The van der Waals surface area contributed by atoms with E-state index in [-0.39, 0.29) is 5.41 Å². The first kappa shape index (κ1) is 12.2. The third kappa shape index (κ3) is 2.48. The second-order valence-electron chi connectivity index (χ2n) is 4.84. The van der Waals surface area contributed by atoms with Crippen molar-refractivity contribution in [1.82, 2.24) is 19.9 Å². The van der Waals surface area contributed by atoms with Crippen LogP contribution in [-0.2, 0) is 0 Å². The van der Waals surface area contributed by atoms with Gasteiger partial charge >= 0.3 is 0 Å². The number of rotatable bonds is 5. The number of H-pyrrole nitrogens is 1. The zero-order valence-corrected chi connectivity index (χ0v) is 11.0. The van der Waals surface area contributed by atoms with Gasteiger partial charge in [-0.2, -0.15) is 0 Å². The number of nitrogens with zero attached hydrogens (tertiary/aromatic N) is 4. The van der Waals surface area contributed by atoms with Crippen molar-refractivity contribution in [3.8, 4) is 0 Å². The van der Waals surface area contributed by atoms with Crippen LogP contribution in [0.1, 0.15) is 19.3 Å². The van der Waals surface area contributed by atoms with Crippen molar-refractivity contribution in [2.24, 2.45) is 16.3 Å². The first-order chi connectivity index (χ1) is 9.22. The quantitative estimate of drug-likeness (QED) is 0.190. The van der Waals surface area contributed by atoms with E-state index in [1.807, 2.05) is 0 Å². The van der Waals surface area contributed by atoms with Gasteiger partial charge in [-0.1, -0.05) is 5.16 Å². The number of aromatic nitrogens is 4. The molecular weight excluding hydrogens is 264 g/mol. The van der Waals surface area contributed by atoms with Gasteiger partial charge in [0, 0.05) is 12.2 Å². The third-order valence-electron chi connectivity index (χ3n) is 3.34. The molecule has 0 bridgehead atoms. The van der Waals surface area contributed by atoms with Crippen molar-refractivity contribution >= 4 is 28.8 Å². The van der Waals surface area contributed by atoms with Gasteiger partial charge in [0.15, 0.2) is 5.65 Å². The summed E-state index contributed by atoms with van der Waals surface area (Å²) in [6, 6.07) is 0. The van der Waals surface area contributed by atoms with E-state index in [0.717, 1.165) is 29.1 Å². The Balaban J connectivity index is 1.71. The molecule has 0 aliphatic heterocycles. The molecule has 0 radical (unpaired) electrons. The summed E-state index contributed by atoms with van der Waals surface area (Å²) in [6.45, 7) is 0. The Hall–Kier alpha value is -1.83. The van der Waals surface area contributed by atoms with Crippen LogP contribution in [0.4, 0.5) is 0 Å². The van der Waals surface area contributed by atoms with E-state index < -0.39 is 0 Å². The van der Waals surface area contributed by atoms with Crippen LogP contribution >= 0.6 is 11.8 Å². The van der Waals surface area contributed by atoms with Crippen LogP contribution in [-0.4, -0.2) is 36.7 Å². The first-order valence-electron chi connectivity index (χ1n) is 5.96. The molecule has 0 saturated heterocycles. The van der Waals surface area contributed by atoms with Crippen LogP contribution in [0, 0.1) is 5.41 Å². The van der Waals surface area contributed by atoms with Crippen LogP contribution in [0.2, 0.25) is 0 Å². The molecule has 0 atom stereocenters. The Morgan fingerprint density at radius 3 is 3.05 bits per heavy atom. The largest absolute Gasteiger partial charge is 0.409 e. The van der Waals surface area contributed by atoms with E-state index in [1.165, 1.54) is 6.33 Å². The van der Waals surface area contributed by atoms with Gasteiger partial charge in [-0.15, -0.1) is 11.8 Å². The minimum atomic E-state index is 0.151. The van der Waals surface area contributed by atoms with Gasteiger partial charge in [-0.3, -0.25) is 0 Å². The lowest BCUT2D eigenvalue weighted by Gasteiger charge is -2.13. The second kappa shape index (κ2) is 4.69. The molecular formula is C11H14N6OS. The Morgan fingerprint density at radius 2 is 2.32 bits per heavy atom. The van der Waals surface area contributed by atoms with Crippen molar-refractivity contribution in [2.75, 3.05) is 5.75 Å². The lowest BCUT2D eigenvalue weighted by atomic mass is 10.1. The average molecular weight is 278 g/mol. The molecule has 4 N–H and O–H groups in total. The van der Waals surface area contributed by atoms with Gasteiger partial charge in [-0.05, 0) is 18.3 Å². The lowest BCUT2D eigenvalue weighted by molar-refractivity contribution is 0.315. The summed E-state index contributed by atoms with van der Waals surface area (Å²) in [5.74, 6) is 1.20. The summed E-state index contributed by atoms with van der Waals surface area (Å²) in [5.41, 5.74) is 7.29. The number of nitrogens with two attached hydrogens (primary N) is 1. The van der Waals surface area contributed by atoms with E-state index in [0.29, 0.717) is 17.9 Å². The zero-order chi connectivity index (χ0) is 13.3. The highest BCUT2D eigenvalue weighted by molar-refractivity contribution is 7.99. The number of imidazole rings is 1. The van der Waals surface area contributed by atoms with Gasteiger partial charge in [-0.25, -0.2) is 15.0 Å². The number of amidine groups is 1. The molecule has 0 aromatic carbocycles. The number of aromatic amines is 1. The number of hydrogen-bond donors (Lipinski definition) is 3. The zero-order valence-electron chi connectivity index (χ0n) is 10.2. The van der Waals surface area contributed by atoms with Gasteiger partial charge in [0.2, 0.25) is 0 Å². The molecule has 1 aliphatic rings. The van der Waals surface area contributed by atoms with Crippen LogP contribution < -0.4 is 5.73 Å². The van der Waals surface area contributed by atoms with Gasteiger partial charge < -0.3 is 15.9 Å². The first-order valence-corrected chi connectivity index (χ1v) is 6.94. The van der Waals surface area contributed by atoms with Crippen molar-refractivity contribution in [2.45, 2.75) is 24.3 Å².